The molecule has 5 aromatic carbocycles. The largest absolute Gasteiger partial charge is 0.305 e. The van der Waals surface area contributed by atoms with E-state index in [1.165, 1.54) is 21.9 Å². The van der Waals surface area contributed by atoms with Crippen molar-refractivity contribution in [2.24, 2.45) is 0 Å². The Labute approximate surface area is 317 Å². The second-order valence-corrected chi connectivity index (χ2v) is 12.1. The van der Waals surface area contributed by atoms with Crippen LogP contribution in [0.4, 0.5) is 0 Å². The van der Waals surface area contributed by atoms with E-state index >= 15 is 0 Å². The van der Waals surface area contributed by atoms with E-state index in [2.05, 4.69) is 108 Å². The molecular formula is C47H32IrN4-2. The zero-order chi connectivity index (χ0) is 34.4. The Morgan fingerprint density at radius 1 is 0.423 bits per heavy atom. The summed E-state index contributed by atoms with van der Waals surface area (Å²) in [4.78, 5) is 18.4. The maximum Gasteiger partial charge on any atom is 0.0743 e. The number of fused-ring (bicyclic) bond motifs is 3. The van der Waals surface area contributed by atoms with E-state index in [9.17, 15) is 0 Å². The van der Waals surface area contributed by atoms with Crippen molar-refractivity contribution in [3.8, 4) is 56.0 Å². The van der Waals surface area contributed by atoms with Gasteiger partial charge in [0.2, 0.25) is 0 Å². The molecule has 1 radical (unpaired) electrons. The van der Waals surface area contributed by atoms with Crippen LogP contribution in [-0.4, -0.2) is 19.9 Å². The van der Waals surface area contributed by atoms with Crippen molar-refractivity contribution < 1.29 is 20.1 Å². The van der Waals surface area contributed by atoms with Gasteiger partial charge in [0, 0.05) is 55.8 Å². The topological polar surface area (TPSA) is 51.6 Å². The molecule has 4 heterocycles. The van der Waals surface area contributed by atoms with Gasteiger partial charge in [0.05, 0.1) is 11.2 Å². The van der Waals surface area contributed by atoms with Crippen LogP contribution in [0.3, 0.4) is 0 Å². The Hall–Kier alpha value is -6.13. The zero-order valence-electron chi connectivity index (χ0n) is 28.4. The smallest absolute Gasteiger partial charge is 0.0743 e. The first-order valence-electron chi connectivity index (χ1n) is 16.9. The molecule has 0 aliphatic carbocycles. The van der Waals surface area contributed by atoms with Crippen LogP contribution in [0.2, 0.25) is 0 Å². The molecule has 0 aliphatic rings. The molecule has 9 rings (SSSR count). The Bertz CT molecular complexity index is 2540. The van der Waals surface area contributed by atoms with E-state index in [1.807, 2.05) is 91.4 Å². The predicted molar refractivity (Wildman–Crippen MR) is 209 cm³/mol. The van der Waals surface area contributed by atoms with Crippen molar-refractivity contribution in [1.29, 1.82) is 0 Å². The molecule has 5 heteroatoms. The molecular weight excluding hydrogens is 813 g/mol. The van der Waals surface area contributed by atoms with Gasteiger partial charge in [0.15, 0.2) is 0 Å². The van der Waals surface area contributed by atoms with Gasteiger partial charge in [0.1, 0.15) is 0 Å². The normalized spacial score (nSPS) is 10.6. The fourth-order valence-corrected chi connectivity index (χ4v) is 6.48. The Morgan fingerprint density at radius 2 is 1.15 bits per heavy atom. The molecule has 0 unspecified atom stereocenters. The van der Waals surface area contributed by atoms with Crippen LogP contribution in [0, 0.1) is 19.1 Å². The molecule has 0 saturated carbocycles. The molecule has 4 aromatic heterocycles. The van der Waals surface area contributed by atoms with E-state index in [0.717, 1.165) is 61.4 Å². The van der Waals surface area contributed by atoms with Crippen LogP contribution in [0.25, 0.3) is 77.7 Å². The number of aromatic nitrogens is 4. The molecule has 4 nitrogen and oxygen atoms in total. The molecule has 9 aromatic rings. The van der Waals surface area contributed by atoms with Crippen molar-refractivity contribution in [3.63, 3.8) is 0 Å². The third-order valence-corrected chi connectivity index (χ3v) is 8.99. The fourth-order valence-electron chi connectivity index (χ4n) is 6.48. The molecule has 0 atom stereocenters. The second kappa shape index (κ2) is 15.8. The van der Waals surface area contributed by atoms with Crippen molar-refractivity contribution in [3.05, 3.63) is 194 Å². The van der Waals surface area contributed by atoms with E-state index in [1.54, 1.807) is 6.20 Å². The average molecular weight is 845 g/mol. The summed E-state index contributed by atoms with van der Waals surface area (Å²) in [7, 11) is 0. The van der Waals surface area contributed by atoms with Gasteiger partial charge in [0.25, 0.3) is 0 Å². The first-order valence-corrected chi connectivity index (χ1v) is 16.9. The maximum absolute atomic E-state index is 4.93. The summed E-state index contributed by atoms with van der Waals surface area (Å²) in [6.07, 6.45) is 7.36. The minimum atomic E-state index is 0. The molecule has 0 N–H and O–H groups in total. The van der Waals surface area contributed by atoms with Gasteiger partial charge in [-0.3, -0.25) is 9.97 Å². The van der Waals surface area contributed by atoms with E-state index in [4.69, 9.17) is 9.97 Å². The number of hydrogen-bond donors (Lipinski definition) is 0. The molecule has 0 amide bonds. The number of benzene rings is 5. The Kier molecular flexibility index (Phi) is 10.4. The van der Waals surface area contributed by atoms with Gasteiger partial charge < -0.3 is 9.97 Å². The third-order valence-electron chi connectivity index (χ3n) is 8.99. The van der Waals surface area contributed by atoms with E-state index in [-0.39, 0.29) is 20.1 Å². The monoisotopic (exact) mass is 845 g/mol. The summed E-state index contributed by atoms with van der Waals surface area (Å²) in [6, 6.07) is 58.0. The van der Waals surface area contributed by atoms with Gasteiger partial charge in [-0.1, -0.05) is 72.8 Å². The molecule has 0 spiro atoms. The summed E-state index contributed by atoms with van der Waals surface area (Å²) in [5.74, 6) is 0. The summed E-state index contributed by atoms with van der Waals surface area (Å²) in [5.41, 5.74) is 12.6. The van der Waals surface area contributed by atoms with Gasteiger partial charge in [-0.2, -0.15) is 0 Å². The Balaban J connectivity index is 0.000000275. The van der Waals surface area contributed by atoms with Crippen LogP contribution in [0.5, 0.6) is 0 Å². The van der Waals surface area contributed by atoms with Crippen molar-refractivity contribution in [1.82, 2.24) is 19.9 Å². The fraction of sp³-hybridized carbons (Fsp3) is 0.0213. The quantitative estimate of drug-likeness (QED) is 0.128. The predicted octanol–water partition coefficient (Wildman–Crippen LogP) is 11.5. The van der Waals surface area contributed by atoms with Gasteiger partial charge in [-0.15, -0.1) is 71.3 Å². The molecule has 0 aliphatic heterocycles. The SMILES string of the molecule is Cc1c(-c2cc[c-]c(-c3ccccn3)c2)ccnc1-c1cc2ncccc2c2ccc(-c3ccccc3)cc12.[Ir].[c-]1ccccc1-c1ccccn1. The van der Waals surface area contributed by atoms with Crippen LogP contribution in [0.15, 0.2) is 176 Å². The molecule has 0 bridgehead atoms. The third kappa shape index (κ3) is 7.19. The van der Waals surface area contributed by atoms with E-state index in [0.29, 0.717) is 0 Å². The standard InChI is InChI=1S/C36H24N3.C11H8N.Ir/c1-24-29(27-11-7-12-28(21-27)34-14-5-6-18-37-34)17-20-39-36(24)33-23-35-31(13-8-19-38-35)30-16-15-26(22-32(30)33)25-9-3-2-4-10-25;1-2-6-10(7-3-1)11-8-4-5-9-12-11;/h2-11,13-23H,1H3;1-6,8-9H;/q2*-1;. The average Bonchev–Trinajstić information content (AvgIpc) is 3.22. The van der Waals surface area contributed by atoms with Gasteiger partial charge >= 0.3 is 0 Å². The minimum absolute atomic E-state index is 0. The number of hydrogen-bond acceptors (Lipinski definition) is 4. The van der Waals surface area contributed by atoms with Gasteiger partial charge in [-0.25, -0.2) is 0 Å². The molecule has 52 heavy (non-hydrogen) atoms. The zero-order valence-corrected chi connectivity index (χ0v) is 30.8. The minimum Gasteiger partial charge on any atom is -0.305 e. The summed E-state index contributed by atoms with van der Waals surface area (Å²) in [5, 5.41) is 3.48. The van der Waals surface area contributed by atoms with Crippen molar-refractivity contribution >= 4 is 21.7 Å². The van der Waals surface area contributed by atoms with E-state index < -0.39 is 0 Å². The number of pyridine rings is 4. The first kappa shape index (κ1) is 34.3. The summed E-state index contributed by atoms with van der Waals surface area (Å²) < 4.78 is 0. The van der Waals surface area contributed by atoms with Crippen molar-refractivity contribution in [2.75, 3.05) is 0 Å². The van der Waals surface area contributed by atoms with Crippen LogP contribution in [-0.2, 0) is 20.1 Å². The number of rotatable bonds is 5. The first-order chi connectivity index (χ1) is 25.2. The molecule has 0 saturated heterocycles. The molecule has 251 valence electrons. The Morgan fingerprint density at radius 3 is 1.90 bits per heavy atom. The maximum atomic E-state index is 4.93. The summed E-state index contributed by atoms with van der Waals surface area (Å²) in [6.45, 7) is 2.16. The molecule has 0 fully saturated rings. The van der Waals surface area contributed by atoms with Crippen molar-refractivity contribution in [2.45, 2.75) is 6.92 Å². The van der Waals surface area contributed by atoms with Crippen LogP contribution in [0.1, 0.15) is 5.56 Å². The summed E-state index contributed by atoms with van der Waals surface area (Å²) >= 11 is 0. The van der Waals surface area contributed by atoms with Crippen LogP contribution < -0.4 is 0 Å². The van der Waals surface area contributed by atoms with Crippen LogP contribution >= 0.6 is 0 Å². The van der Waals surface area contributed by atoms with Gasteiger partial charge in [-0.05, 0) is 87.7 Å². The second-order valence-electron chi connectivity index (χ2n) is 12.1. The number of nitrogens with zero attached hydrogens (tertiary/aromatic N) is 4.